The molecule has 0 radical (unpaired) electrons. The lowest BCUT2D eigenvalue weighted by atomic mass is 9.82. The first kappa shape index (κ1) is 25.9. The average molecular weight is 520 g/mol. The van der Waals surface area contributed by atoms with Crippen LogP contribution in [0.4, 0.5) is 8.78 Å². The van der Waals surface area contributed by atoms with Gasteiger partial charge in [0.15, 0.2) is 0 Å². The lowest BCUT2D eigenvalue weighted by molar-refractivity contribution is -0.136. The molecule has 1 atom stereocenters. The topological polar surface area (TPSA) is 107 Å². The molecular formula is C25H24ClF2N3O5. The SMILES string of the molecule is Cl.O=C1CCC(N2C(=O)c3ccc(C4(O)CCN(Cc5ccc(F)cc5)CC4)c(F)c3C2=O)C(=O)N1. The van der Waals surface area contributed by atoms with E-state index in [1.165, 1.54) is 24.3 Å². The summed E-state index contributed by atoms with van der Waals surface area (Å²) in [6.07, 6.45) is 0.329. The van der Waals surface area contributed by atoms with Crippen LogP contribution in [0, 0.1) is 11.6 Å². The van der Waals surface area contributed by atoms with E-state index in [1.54, 1.807) is 12.1 Å². The summed E-state index contributed by atoms with van der Waals surface area (Å²) in [4.78, 5) is 52.4. The smallest absolute Gasteiger partial charge is 0.265 e. The molecule has 2 N–H and O–H groups in total. The van der Waals surface area contributed by atoms with Gasteiger partial charge in [0.25, 0.3) is 11.8 Å². The third-order valence-electron chi connectivity index (χ3n) is 7.05. The van der Waals surface area contributed by atoms with E-state index >= 15 is 4.39 Å². The van der Waals surface area contributed by atoms with Gasteiger partial charge in [0.05, 0.1) is 16.7 Å². The van der Waals surface area contributed by atoms with Crippen LogP contribution in [0.5, 0.6) is 0 Å². The molecule has 11 heteroatoms. The fourth-order valence-electron chi connectivity index (χ4n) is 5.08. The van der Waals surface area contributed by atoms with Gasteiger partial charge >= 0.3 is 0 Å². The Balaban J connectivity index is 0.00000304. The van der Waals surface area contributed by atoms with Crippen molar-refractivity contribution in [2.45, 2.75) is 43.9 Å². The number of nitrogens with zero attached hydrogens (tertiary/aromatic N) is 2. The van der Waals surface area contributed by atoms with Crippen molar-refractivity contribution in [2.75, 3.05) is 13.1 Å². The number of nitrogens with one attached hydrogen (secondary N) is 1. The van der Waals surface area contributed by atoms with Crippen molar-refractivity contribution in [3.63, 3.8) is 0 Å². The normalized spacial score (nSPS) is 21.8. The van der Waals surface area contributed by atoms with Gasteiger partial charge in [-0.2, -0.15) is 0 Å². The second-order valence-corrected chi connectivity index (χ2v) is 9.23. The van der Waals surface area contributed by atoms with Crippen LogP contribution in [0.15, 0.2) is 36.4 Å². The number of benzene rings is 2. The van der Waals surface area contributed by atoms with Crippen LogP contribution < -0.4 is 5.32 Å². The van der Waals surface area contributed by atoms with Gasteiger partial charge in [0, 0.05) is 31.6 Å². The summed E-state index contributed by atoms with van der Waals surface area (Å²) >= 11 is 0. The van der Waals surface area contributed by atoms with Gasteiger partial charge in [-0.15, -0.1) is 12.4 Å². The van der Waals surface area contributed by atoms with Crippen molar-refractivity contribution in [2.24, 2.45) is 0 Å². The number of carbonyl (C=O) groups excluding carboxylic acids is 4. The second kappa shape index (κ2) is 9.68. The zero-order valence-electron chi connectivity index (χ0n) is 19.1. The molecular weight excluding hydrogens is 496 g/mol. The molecule has 3 aliphatic rings. The number of carbonyl (C=O) groups is 4. The number of fused-ring (bicyclic) bond motifs is 1. The van der Waals surface area contributed by atoms with E-state index < -0.39 is 46.7 Å². The van der Waals surface area contributed by atoms with Crippen molar-refractivity contribution >= 4 is 36.0 Å². The fourth-order valence-corrected chi connectivity index (χ4v) is 5.08. The van der Waals surface area contributed by atoms with E-state index in [2.05, 4.69) is 10.2 Å². The van der Waals surface area contributed by atoms with Crippen LogP contribution in [-0.2, 0) is 21.7 Å². The van der Waals surface area contributed by atoms with E-state index in [9.17, 15) is 28.7 Å². The molecule has 0 spiro atoms. The number of halogens is 3. The minimum atomic E-state index is -1.54. The summed E-state index contributed by atoms with van der Waals surface area (Å²) in [5.41, 5.74) is -1.32. The van der Waals surface area contributed by atoms with E-state index in [1.807, 2.05) is 0 Å². The molecule has 2 saturated heterocycles. The average Bonchev–Trinajstić information content (AvgIpc) is 3.08. The molecule has 3 heterocycles. The summed E-state index contributed by atoms with van der Waals surface area (Å²) in [5.74, 6) is -4.31. The maximum Gasteiger partial charge on any atom is 0.265 e. The highest BCUT2D eigenvalue weighted by atomic mass is 35.5. The standard InChI is InChI=1S/C25H23F2N3O5.ClH/c26-15-3-1-14(2-4-15)13-29-11-9-25(35,10-12-29)17-6-5-16-20(21(17)27)24(34)30(23(16)33)18-7-8-19(31)28-22(18)32;/h1-6,18,35H,7-13H2,(H,28,31,32);1H. The third kappa shape index (κ3) is 4.40. The Hall–Kier alpha value is -3.21. The molecule has 0 saturated carbocycles. The molecule has 2 aromatic rings. The molecule has 2 fully saturated rings. The van der Waals surface area contributed by atoms with Crippen LogP contribution >= 0.6 is 12.4 Å². The van der Waals surface area contributed by atoms with Gasteiger partial charge in [-0.05, 0) is 43.0 Å². The van der Waals surface area contributed by atoms with Gasteiger partial charge in [-0.3, -0.25) is 34.3 Å². The lowest BCUT2D eigenvalue weighted by Crippen LogP contribution is -2.54. The van der Waals surface area contributed by atoms with Crippen molar-refractivity contribution in [3.05, 3.63) is 70.3 Å². The Kier molecular flexibility index (Phi) is 6.96. The summed E-state index contributed by atoms with van der Waals surface area (Å²) in [7, 11) is 0. The molecule has 4 amide bonds. The van der Waals surface area contributed by atoms with Crippen LogP contribution in [0.25, 0.3) is 0 Å². The molecule has 0 bridgehead atoms. The molecule has 0 aliphatic carbocycles. The number of imide groups is 2. The summed E-state index contributed by atoms with van der Waals surface area (Å²) < 4.78 is 28.8. The van der Waals surface area contributed by atoms with Crippen LogP contribution in [0.2, 0.25) is 0 Å². The number of likely N-dealkylation sites (tertiary alicyclic amines) is 1. The molecule has 5 rings (SSSR count). The zero-order chi connectivity index (χ0) is 24.9. The first-order chi connectivity index (χ1) is 16.7. The van der Waals surface area contributed by atoms with Gasteiger partial charge in [-0.25, -0.2) is 8.78 Å². The van der Waals surface area contributed by atoms with Crippen LogP contribution in [-0.4, -0.2) is 57.7 Å². The van der Waals surface area contributed by atoms with Crippen molar-refractivity contribution < 1.29 is 33.1 Å². The monoisotopic (exact) mass is 519 g/mol. The van der Waals surface area contributed by atoms with E-state index in [0.717, 1.165) is 5.56 Å². The van der Waals surface area contributed by atoms with E-state index in [0.29, 0.717) is 24.5 Å². The van der Waals surface area contributed by atoms with Crippen molar-refractivity contribution in [1.82, 2.24) is 15.1 Å². The van der Waals surface area contributed by atoms with E-state index in [-0.39, 0.29) is 55.0 Å². The van der Waals surface area contributed by atoms with Gasteiger partial charge in [0.2, 0.25) is 11.8 Å². The number of hydrogen-bond acceptors (Lipinski definition) is 6. The predicted octanol–water partition coefficient (Wildman–Crippen LogP) is 2.27. The highest BCUT2D eigenvalue weighted by Gasteiger charge is 2.48. The van der Waals surface area contributed by atoms with E-state index in [4.69, 9.17) is 0 Å². The third-order valence-corrected chi connectivity index (χ3v) is 7.05. The minimum Gasteiger partial charge on any atom is -0.385 e. The predicted molar refractivity (Wildman–Crippen MR) is 125 cm³/mol. The van der Waals surface area contributed by atoms with Crippen LogP contribution in [0.1, 0.15) is 57.5 Å². The first-order valence-electron chi connectivity index (χ1n) is 11.4. The summed E-state index contributed by atoms with van der Waals surface area (Å²) in [5, 5.41) is 13.4. The summed E-state index contributed by atoms with van der Waals surface area (Å²) in [6.45, 7) is 1.44. The Morgan fingerprint density at radius 2 is 1.64 bits per heavy atom. The lowest BCUT2D eigenvalue weighted by Gasteiger charge is -2.38. The highest BCUT2D eigenvalue weighted by Crippen LogP contribution is 2.39. The minimum absolute atomic E-state index is 0. The fraction of sp³-hybridized carbons (Fsp3) is 0.360. The molecule has 0 aromatic heterocycles. The number of hydrogen-bond donors (Lipinski definition) is 2. The largest absolute Gasteiger partial charge is 0.385 e. The Morgan fingerprint density at radius 3 is 2.28 bits per heavy atom. The first-order valence-corrected chi connectivity index (χ1v) is 11.4. The molecule has 190 valence electrons. The molecule has 2 aromatic carbocycles. The number of amides is 4. The highest BCUT2D eigenvalue weighted by molar-refractivity contribution is 6.23. The maximum absolute atomic E-state index is 15.6. The number of aliphatic hydroxyl groups is 1. The van der Waals surface area contributed by atoms with Crippen molar-refractivity contribution in [1.29, 1.82) is 0 Å². The summed E-state index contributed by atoms with van der Waals surface area (Å²) in [6, 6.07) is 7.57. The molecule has 8 nitrogen and oxygen atoms in total. The second-order valence-electron chi connectivity index (χ2n) is 9.23. The number of rotatable bonds is 4. The molecule has 36 heavy (non-hydrogen) atoms. The van der Waals surface area contributed by atoms with Gasteiger partial charge in [0.1, 0.15) is 17.7 Å². The quantitative estimate of drug-likeness (QED) is 0.600. The van der Waals surface area contributed by atoms with Gasteiger partial charge in [-0.1, -0.05) is 18.2 Å². The Morgan fingerprint density at radius 1 is 0.972 bits per heavy atom. The molecule has 1 unspecified atom stereocenters. The van der Waals surface area contributed by atoms with Gasteiger partial charge < -0.3 is 5.11 Å². The number of piperidine rings is 2. The van der Waals surface area contributed by atoms with Crippen LogP contribution in [0.3, 0.4) is 0 Å². The zero-order valence-corrected chi connectivity index (χ0v) is 19.9. The van der Waals surface area contributed by atoms with Crippen molar-refractivity contribution in [3.8, 4) is 0 Å². The molecule has 3 aliphatic heterocycles. The Bertz CT molecular complexity index is 1250. The maximum atomic E-state index is 15.6. The Labute approximate surface area is 211 Å².